The van der Waals surface area contributed by atoms with Crippen molar-refractivity contribution in [2.75, 3.05) is 13.2 Å². The van der Waals surface area contributed by atoms with E-state index in [4.69, 9.17) is 9.47 Å². The van der Waals surface area contributed by atoms with Crippen molar-refractivity contribution >= 4 is 5.97 Å². The van der Waals surface area contributed by atoms with E-state index in [2.05, 4.69) is 24.3 Å². The van der Waals surface area contributed by atoms with Gasteiger partial charge in [0.15, 0.2) is 0 Å². The third kappa shape index (κ3) is 4.43. The van der Waals surface area contributed by atoms with Crippen LogP contribution in [-0.2, 0) is 27.1 Å². The number of hydrogen-bond donors (Lipinski definition) is 0. The molecule has 0 spiro atoms. The molecule has 0 radical (unpaired) electrons. The lowest BCUT2D eigenvalue weighted by Crippen LogP contribution is -2.12. The molecule has 1 saturated heterocycles. The number of rotatable bonds is 6. The Morgan fingerprint density at radius 3 is 2.29 bits per heavy atom. The standard InChI is InChI=1S/C18H18O3/c19-18(21-13-17-12-20-17)11-16-8-6-15(7-9-16)10-14-4-2-1-3-5-14/h1-9,17H,10-13H2. The monoisotopic (exact) mass is 282 g/mol. The van der Waals surface area contributed by atoms with Crippen LogP contribution in [0, 0.1) is 0 Å². The number of hydrogen-bond acceptors (Lipinski definition) is 3. The second kappa shape index (κ2) is 6.55. The summed E-state index contributed by atoms with van der Waals surface area (Å²) in [6.07, 6.45) is 1.35. The Kier molecular flexibility index (Phi) is 4.31. The number of esters is 1. The van der Waals surface area contributed by atoms with Gasteiger partial charge in [-0.1, -0.05) is 54.6 Å². The first-order valence-corrected chi connectivity index (χ1v) is 7.18. The van der Waals surface area contributed by atoms with Gasteiger partial charge in [-0.2, -0.15) is 0 Å². The minimum absolute atomic E-state index is 0.127. The molecule has 0 bridgehead atoms. The van der Waals surface area contributed by atoms with Gasteiger partial charge in [0, 0.05) is 0 Å². The van der Waals surface area contributed by atoms with Crippen molar-refractivity contribution in [3.05, 3.63) is 71.3 Å². The molecule has 0 N–H and O–H groups in total. The molecule has 2 aromatic rings. The number of carbonyl (C=O) groups excluding carboxylic acids is 1. The lowest BCUT2D eigenvalue weighted by Gasteiger charge is -2.05. The van der Waals surface area contributed by atoms with Crippen molar-refractivity contribution in [2.24, 2.45) is 0 Å². The van der Waals surface area contributed by atoms with Gasteiger partial charge in [0.05, 0.1) is 13.0 Å². The topological polar surface area (TPSA) is 38.8 Å². The van der Waals surface area contributed by atoms with Crippen molar-refractivity contribution < 1.29 is 14.3 Å². The van der Waals surface area contributed by atoms with Crippen molar-refractivity contribution in [1.29, 1.82) is 0 Å². The fourth-order valence-electron chi connectivity index (χ4n) is 2.17. The average molecular weight is 282 g/mol. The summed E-state index contributed by atoms with van der Waals surface area (Å²) in [5.74, 6) is -0.193. The van der Waals surface area contributed by atoms with Crippen LogP contribution >= 0.6 is 0 Å². The molecule has 3 rings (SSSR count). The molecule has 0 aliphatic carbocycles. The van der Waals surface area contributed by atoms with Gasteiger partial charge < -0.3 is 9.47 Å². The maximum Gasteiger partial charge on any atom is 0.310 e. The summed E-state index contributed by atoms with van der Waals surface area (Å²) in [5.41, 5.74) is 3.51. The van der Waals surface area contributed by atoms with Crippen LogP contribution in [0.5, 0.6) is 0 Å². The quantitative estimate of drug-likeness (QED) is 0.604. The molecule has 0 aromatic heterocycles. The summed E-state index contributed by atoms with van der Waals surface area (Å²) in [7, 11) is 0. The molecular weight excluding hydrogens is 264 g/mol. The summed E-state index contributed by atoms with van der Waals surface area (Å²) in [5, 5.41) is 0. The van der Waals surface area contributed by atoms with E-state index in [0.717, 1.165) is 12.0 Å². The first kappa shape index (κ1) is 13.8. The Balaban J connectivity index is 1.52. The molecule has 0 saturated carbocycles. The highest BCUT2D eigenvalue weighted by molar-refractivity contribution is 5.72. The highest BCUT2D eigenvalue weighted by Gasteiger charge is 2.24. The van der Waals surface area contributed by atoms with Gasteiger partial charge >= 0.3 is 5.97 Å². The summed E-state index contributed by atoms with van der Waals surface area (Å²) in [6.45, 7) is 1.09. The Morgan fingerprint density at radius 2 is 1.62 bits per heavy atom. The van der Waals surface area contributed by atoms with Crippen molar-refractivity contribution in [3.63, 3.8) is 0 Å². The minimum Gasteiger partial charge on any atom is -0.463 e. The van der Waals surface area contributed by atoms with Crippen LogP contribution in [0.15, 0.2) is 54.6 Å². The van der Waals surface area contributed by atoms with E-state index < -0.39 is 0 Å². The highest BCUT2D eigenvalue weighted by Crippen LogP contribution is 2.12. The van der Waals surface area contributed by atoms with Crippen molar-refractivity contribution in [1.82, 2.24) is 0 Å². The Hall–Kier alpha value is -2.13. The largest absolute Gasteiger partial charge is 0.463 e. The molecule has 1 fully saturated rings. The zero-order valence-electron chi connectivity index (χ0n) is 11.8. The van der Waals surface area contributed by atoms with Gasteiger partial charge in [0.25, 0.3) is 0 Å². The van der Waals surface area contributed by atoms with Crippen LogP contribution in [0.3, 0.4) is 0 Å². The predicted molar refractivity (Wildman–Crippen MR) is 80.1 cm³/mol. The van der Waals surface area contributed by atoms with E-state index in [1.54, 1.807) is 0 Å². The van der Waals surface area contributed by atoms with E-state index in [1.807, 2.05) is 30.3 Å². The first-order chi connectivity index (χ1) is 10.3. The molecule has 21 heavy (non-hydrogen) atoms. The molecule has 108 valence electrons. The molecule has 0 amide bonds. The lowest BCUT2D eigenvalue weighted by atomic mass is 10.0. The second-order valence-electron chi connectivity index (χ2n) is 5.29. The third-order valence-electron chi connectivity index (χ3n) is 3.46. The number of carbonyl (C=O) groups is 1. The maximum atomic E-state index is 11.6. The normalized spacial score (nSPS) is 16.5. The first-order valence-electron chi connectivity index (χ1n) is 7.18. The third-order valence-corrected chi connectivity index (χ3v) is 3.46. The van der Waals surface area contributed by atoms with Crippen LogP contribution in [0.1, 0.15) is 16.7 Å². The fourth-order valence-corrected chi connectivity index (χ4v) is 2.17. The van der Waals surface area contributed by atoms with E-state index in [-0.39, 0.29) is 12.1 Å². The fraction of sp³-hybridized carbons (Fsp3) is 0.278. The SMILES string of the molecule is O=C(Cc1ccc(Cc2ccccc2)cc1)OCC1CO1. The Labute approximate surface area is 124 Å². The van der Waals surface area contributed by atoms with E-state index in [9.17, 15) is 4.79 Å². The molecule has 1 aliphatic rings. The zero-order valence-corrected chi connectivity index (χ0v) is 11.8. The van der Waals surface area contributed by atoms with Gasteiger partial charge in [-0.3, -0.25) is 4.79 Å². The van der Waals surface area contributed by atoms with Gasteiger partial charge in [-0.05, 0) is 23.1 Å². The number of ether oxygens (including phenoxy) is 2. The molecule has 2 aromatic carbocycles. The van der Waals surface area contributed by atoms with Crippen LogP contribution in [0.2, 0.25) is 0 Å². The van der Waals surface area contributed by atoms with Crippen molar-refractivity contribution in [2.45, 2.75) is 18.9 Å². The maximum absolute atomic E-state index is 11.6. The van der Waals surface area contributed by atoms with Gasteiger partial charge in [0.2, 0.25) is 0 Å². The average Bonchev–Trinajstić information content (AvgIpc) is 3.33. The molecule has 1 atom stereocenters. The minimum atomic E-state index is -0.193. The van der Waals surface area contributed by atoms with Crippen LogP contribution in [0.4, 0.5) is 0 Å². The molecule has 3 nitrogen and oxygen atoms in total. The molecule has 1 aliphatic heterocycles. The smallest absolute Gasteiger partial charge is 0.310 e. The number of benzene rings is 2. The Morgan fingerprint density at radius 1 is 1.00 bits per heavy atom. The summed E-state index contributed by atoms with van der Waals surface area (Å²) >= 11 is 0. The van der Waals surface area contributed by atoms with Gasteiger partial charge in [-0.15, -0.1) is 0 Å². The number of epoxide rings is 1. The predicted octanol–water partition coefficient (Wildman–Crippen LogP) is 2.76. The van der Waals surface area contributed by atoms with Gasteiger partial charge in [0.1, 0.15) is 12.7 Å². The van der Waals surface area contributed by atoms with Crippen molar-refractivity contribution in [3.8, 4) is 0 Å². The molecule has 3 heteroatoms. The molecule has 1 heterocycles. The summed E-state index contributed by atoms with van der Waals surface area (Å²) in [6, 6.07) is 18.5. The molecule has 1 unspecified atom stereocenters. The summed E-state index contributed by atoms with van der Waals surface area (Å²) < 4.78 is 10.1. The van der Waals surface area contributed by atoms with Crippen LogP contribution in [-0.4, -0.2) is 25.3 Å². The highest BCUT2D eigenvalue weighted by atomic mass is 16.6. The van der Waals surface area contributed by atoms with Gasteiger partial charge in [-0.25, -0.2) is 0 Å². The Bertz CT molecular complexity index is 586. The van der Waals surface area contributed by atoms with E-state index in [1.165, 1.54) is 11.1 Å². The van der Waals surface area contributed by atoms with Crippen LogP contribution < -0.4 is 0 Å². The summed E-state index contributed by atoms with van der Waals surface area (Å²) in [4.78, 5) is 11.6. The van der Waals surface area contributed by atoms with E-state index >= 15 is 0 Å². The van der Waals surface area contributed by atoms with E-state index in [0.29, 0.717) is 19.6 Å². The lowest BCUT2D eigenvalue weighted by molar-refractivity contribution is -0.143. The second-order valence-corrected chi connectivity index (χ2v) is 5.29. The van der Waals surface area contributed by atoms with Crippen LogP contribution in [0.25, 0.3) is 0 Å². The molecular formula is C18H18O3. The zero-order chi connectivity index (χ0) is 14.5.